The minimum atomic E-state index is -0.127. The second-order valence-corrected chi connectivity index (χ2v) is 6.89. The molecule has 0 spiro atoms. The molecule has 0 aliphatic heterocycles. The Hall–Kier alpha value is -2.18. The molecule has 0 radical (unpaired) electrons. The Morgan fingerprint density at radius 3 is 2.83 bits per heavy atom. The first-order chi connectivity index (χ1) is 11.2. The van der Waals surface area contributed by atoms with Crippen molar-refractivity contribution in [3.8, 4) is 5.75 Å². The third kappa shape index (κ3) is 2.54. The molecule has 2 aromatic heterocycles. The maximum Gasteiger partial charge on any atom is 0.260 e. The van der Waals surface area contributed by atoms with Crippen molar-refractivity contribution >= 4 is 47.6 Å². The van der Waals surface area contributed by atoms with Gasteiger partial charge >= 0.3 is 0 Å². The lowest BCUT2D eigenvalue weighted by molar-refractivity contribution is 0.308. The van der Waals surface area contributed by atoms with Crippen molar-refractivity contribution in [3.05, 3.63) is 69.2 Å². The summed E-state index contributed by atoms with van der Waals surface area (Å²) in [5.74, 6) is 0.744. The number of nitrogens with one attached hydrogen (secondary N) is 1. The van der Waals surface area contributed by atoms with Gasteiger partial charge in [0.2, 0.25) is 0 Å². The molecule has 4 nitrogen and oxygen atoms in total. The summed E-state index contributed by atoms with van der Waals surface area (Å²) in [6.45, 7) is 0.469. The van der Waals surface area contributed by atoms with Crippen LogP contribution in [-0.4, -0.2) is 9.97 Å². The molecule has 114 valence electrons. The average Bonchev–Trinajstić information content (AvgIpc) is 2.95. The number of H-pyrrole nitrogens is 1. The summed E-state index contributed by atoms with van der Waals surface area (Å²) in [7, 11) is 0. The summed E-state index contributed by atoms with van der Waals surface area (Å²) in [4.78, 5) is 19.7. The first-order valence-corrected chi connectivity index (χ1v) is 8.60. The van der Waals surface area contributed by atoms with Crippen LogP contribution in [-0.2, 0) is 6.61 Å². The second kappa shape index (κ2) is 5.79. The molecule has 0 saturated heterocycles. The number of aromatic amines is 1. The van der Waals surface area contributed by atoms with Crippen LogP contribution >= 0.6 is 27.3 Å². The van der Waals surface area contributed by atoms with Gasteiger partial charge < -0.3 is 9.72 Å². The fraction of sp³-hybridized carbons (Fsp3) is 0.0588. The largest absolute Gasteiger partial charge is 0.486 e. The fourth-order valence-corrected chi connectivity index (χ4v) is 4.22. The number of rotatable bonds is 3. The number of hydrogen-bond acceptors (Lipinski definition) is 4. The standard InChI is InChI=1S/C17H11BrN2O2S/c18-12-7-6-11-13-16(21)19-9-20-17(13)23-15(11)14(12)22-8-10-4-2-1-3-5-10/h1-7,9H,8H2,(H,19,20,21). The van der Waals surface area contributed by atoms with Crippen LogP contribution in [0.3, 0.4) is 0 Å². The lowest BCUT2D eigenvalue weighted by Gasteiger charge is -2.09. The van der Waals surface area contributed by atoms with Gasteiger partial charge in [0, 0.05) is 5.39 Å². The Morgan fingerprint density at radius 1 is 1.17 bits per heavy atom. The number of halogens is 1. The van der Waals surface area contributed by atoms with Crippen molar-refractivity contribution in [2.24, 2.45) is 0 Å². The van der Waals surface area contributed by atoms with Gasteiger partial charge in [-0.15, -0.1) is 11.3 Å². The van der Waals surface area contributed by atoms with Crippen LogP contribution in [0, 0.1) is 0 Å². The highest BCUT2D eigenvalue weighted by molar-refractivity contribution is 9.10. The summed E-state index contributed by atoms with van der Waals surface area (Å²) in [6, 6.07) is 13.8. The van der Waals surface area contributed by atoms with E-state index in [4.69, 9.17) is 4.74 Å². The number of nitrogens with zero attached hydrogens (tertiary/aromatic N) is 1. The first-order valence-electron chi connectivity index (χ1n) is 6.99. The Labute approximate surface area is 143 Å². The number of fused-ring (bicyclic) bond motifs is 3. The zero-order valence-electron chi connectivity index (χ0n) is 11.9. The summed E-state index contributed by atoms with van der Waals surface area (Å²) >= 11 is 5.01. The maximum atomic E-state index is 12.1. The molecule has 0 bridgehead atoms. The lowest BCUT2D eigenvalue weighted by atomic mass is 10.2. The molecule has 0 atom stereocenters. The van der Waals surface area contributed by atoms with Crippen molar-refractivity contribution in [1.29, 1.82) is 0 Å². The Kier molecular flexibility index (Phi) is 3.63. The predicted molar refractivity (Wildman–Crippen MR) is 96.2 cm³/mol. The van der Waals surface area contributed by atoms with Crippen molar-refractivity contribution < 1.29 is 4.74 Å². The van der Waals surface area contributed by atoms with Crippen molar-refractivity contribution in [3.63, 3.8) is 0 Å². The van der Waals surface area contributed by atoms with E-state index in [-0.39, 0.29) is 5.56 Å². The van der Waals surface area contributed by atoms with E-state index in [0.29, 0.717) is 16.8 Å². The SMILES string of the molecule is O=c1[nH]cnc2sc3c(OCc4ccccc4)c(Br)ccc3c12. The molecule has 2 heterocycles. The normalized spacial score (nSPS) is 11.2. The van der Waals surface area contributed by atoms with Gasteiger partial charge in [0.1, 0.15) is 11.4 Å². The Balaban J connectivity index is 1.85. The van der Waals surface area contributed by atoms with Crippen LogP contribution < -0.4 is 10.3 Å². The van der Waals surface area contributed by atoms with Crippen molar-refractivity contribution in [1.82, 2.24) is 9.97 Å². The topological polar surface area (TPSA) is 55.0 Å². The summed E-state index contributed by atoms with van der Waals surface area (Å²) < 4.78 is 7.82. The van der Waals surface area contributed by atoms with Gasteiger partial charge in [-0.1, -0.05) is 36.4 Å². The molecule has 0 unspecified atom stereocenters. The highest BCUT2D eigenvalue weighted by Crippen LogP contribution is 2.41. The van der Waals surface area contributed by atoms with E-state index in [1.807, 2.05) is 42.5 Å². The quantitative estimate of drug-likeness (QED) is 0.564. The zero-order chi connectivity index (χ0) is 15.8. The summed E-state index contributed by atoms with van der Waals surface area (Å²) in [6.07, 6.45) is 1.43. The van der Waals surface area contributed by atoms with E-state index in [1.165, 1.54) is 17.7 Å². The Bertz CT molecular complexity index is 1060. The Morgan fingerprint density at radius 2 is 2.00 bits per heavy atom. The number of ether oxygens (including phenoxy) is 1. The number of benzene rings is 2. The van der Waals surface area contributed by atoms with Crippen LogP contribution in [0.15, 0.2) is 58.1 Å². The van der Waals surface area contributed by atoms with E-state index >= 15 is 0 Å². The molecule has 0 aliphatic rings. The summed E-state index contributed by atoms with van der Waals surface area (Å²) in [5, 5.41) is 1.48. The van der Waals surface area contributed by atoms with Crippen LogP contribution in [0.4, 0.5) is 0 Å². The van der Waals surface area contributed by atoms with Gasteiger partial charge in [-0.2, -0.15) is 0 Å². The molecule has 0 saturated carbocycles. The van der Waals surface area contributed by atoms with Crippen molar-refractivity contribution in [2.45, 2.75) is 6.61 Å². The van der Waals surface area contributed by atoms with E-state index < -0.39 is 0 Å². The van der Waals surface area contributed by atoms with Gasteiger partial charge in [0.25, 0.3) is 5.56 Å². The van der Waals surface area contributed by atoms with Crippen LogP contribution in [0.5, 0.6) is 5.75 Å². The third-order valence-corrected chi connectivity index (χ3v) is 5.31. The molecular formula is C17H11BrN2O2S. The molecule has 23 heavy (non-hydrogen) atoms. The van der Waals surface area contributed by atoms with E-state index in [9.17, 15) is 4.79 Å². The monoisotopic (exact) mass is 386 g/mol. The van der Waals surface area contributed by atoms with Gasteiger partial charge in [-0.25, -0.2) is 4.98 Å². The maximum absolute atomic E-state index is 12.1. The molecule has 0 aliphatic carbocycles. The highest BCUT2D eigenvalue weighted by atomic mass is 79.9. The summed E-state index contributed by atoms with van der Waals surface area (Å²) in [5.41, 5.74) is 0.964. The van der Waals surface area contributed by atoms with E-state index in [1.54, 1.807) is 0 Å². The highest BCUT2D eigenvalue weighted by Gasteiger charge is 2.15. The predicted octanol–water partition coefficient (Wildman–Crippen LogP) is 4.48. The van der Waals surface area contributed by atoms with Crippen LogP contribution in [0.1, 0.15) is 5.56 Å². The second-order valence-electron chi connectivity index (χ2n) is 5.04. The van der Waals surface area contributed by atoms with E-state index in [0.717, 1.165) is 25.9 Å². The zero-order valence-corrected chi connectivity index (χ0v) is 14.3. The van der Waals surface area contributed by atoms with Gasteiger partial charge in [-0.05, 0) is 27.6 Å². The number of thiophene rings is 1. The number of aromatic nitrogens is 2. The van der Waals surface area contributed by atoms with Gasteiger partial charge in [0.15, 0.2) is 5.75 Å². The lowest BCUT2D eigenvalue weighted by Crippen LogP contribution is -2.04. The molecule has 4 rings (SSSR count). The molecule has 0 amide bonds. The molecule has 4 aromatic rings. The van der Waals surface area contributed by atoms with Crippen LogP contribution in [0.2, 0.25) is 0 Å². The molecule has 2 aromatic carbocycles. The molecular weight excluding hydrogens is 376 g/mol. The molecule has 1 N–H and O–H groups in total. The van der Waals surface area contributed by atoms with Gasteiger partial charge in [-0.3, -0.25) is 4.79 Å². The minimum absolute atomic E-state index is 0.127. The molecule has 0 fully saturated rings. The third-order valence-electron chi connectivity index (χ3n) is 3.58. The van der Waals surface area contributed by atoms with Crippen LogP contribution in [0.25, 0.3) is 20.3 Å². The fourth-order valence-electron chi connectivity index (χ4n) is 2.50. The smallest absolute Gasteiger partial charge is 0.260 e. The first kappa shape index (κ1) is 14.4. The van der Waals surface area contributed by atoms with Gasteiger partial charge in [0.05, 0.1) is 20.9 Å². The number of hydrogen-bond donors (Lipinski definition) is 1. The minimum Gasteiger partial charge on any atom is -0.486 e. The van der Waals surface area contributed by atoms with Crippen molar-refractivity contribution in [2.75, 3.05) is 0 Å². The van der Waals surface area contributed by atoms with E-state index in [2.05, 4.69) is 25.9 Å². The average molecular weight is 387 g/mol. The molecule has 6 heteroatoms.